The van der Waals surface area contributed by atoms with Gasteiger partial charge in [0.25, 0.3) is 5.91 Å². The largest absolute Gasteiger partial charge is 0.280 e. The minimum absolute atomic E-state index is 0.0850. The molecule has 0 aliphatic rings. The maximum atomic E-state index is 13.1. The molecular formula is C21H23NO3S. The van der Waals surface area contributed by atoms with E-state index in [1.165, 1.54) is 11.8 Å². The van der Waals surface area contributed by atoms with E-state index in [9.17, 15) is 13.2 Å². The fourth-order valence-electron chi connectivity index (χ4n) is 3.17. The Morgan fingerprint density at radius 3 is 2.27 bits per heavy atom. The third-order valence-corrected chi connectivity index (χ3v) is 5.71. The quantitative estimate of drug-likeness (QED) is 0.676. The molecule has 0 fully saturated rings. The van der Waals surface area contributed by atoms with Crippen molar-refractivity contribution in [3.63, 3.8) is 0 Å². The summed E-state index contributed by atoms with van der Waals surface area (Å²) in [5.41, 5.74) is 3.46. The molecule has 0 N–H and O–H groups in total. The molecule has 0 spiro atoms. The number of nitrogens with zero attached hydrogens (tertiary/aromatic N) is 1. The molecular weight excluding hydrogens is 346 g/mol. The Kier molecular flexibility index (Phi) is 5.01. The van der Waals surface area contributed by atoms with E-state index in [4.69, 9.17) is 0 Å². The van der Waals surface area contributed by atoms with E-state index in [1.807, 2.05) is 30.3 Å². The first kappa shape index (κ1) is 18.4. The highest BCUT2D eigenvalue weighted by molar-refractivity contribution is 7.90. The first-order valence-corrected chi connectivity index (χ1v) is 10.7. The van der Waals surface area contributed by atoms with Gasteiger partial charge in [0.05, 0.1) is 10.4 Å². The second kappa shape index (κ2) is 7.08. The van der Waals surface area contributed by atoms with Crippen LogP contribution in [-0.4, -0.2) is 25.1 Å². The fraction of sp³-hybridized carbons (Fsp3) is 0.286. The molecule has 1 heterocycles. The summed E-state index contributed by atoms with van der Waals surface area (Å²) < 4.78 is 25.4. The van der Waals surface area contributed by atoms with Crippen LogP contribution in [0.1, 0.15) is 41.9 Å². The zero-order valence-corrected chi connectivity index (χ0v) is 16.1. The molecule has 136 valence electrons. The Balaban J connectivity index is 2.15. The van der Waals surface area contributed by atoms with Crippen molar-refractivity contribution in [2.75, 3.05) is 6.26 Å². The van der Waals surface area contributed by atoms with Gasteiger partial charge in [0.1, 0.15) is 0 Å². The summed E-state index contributed by atoms with van der Waals surface area (Å²) in [7, 11) is -3.28. The molecule has 5 heteroatoms. The van der Waals surface area contributed by atoms with Gasteiger partial charge in [-0.25, -0.2) is 8.42 Å². The molecule has 3 rings (SSSR count). The van der Waals surface area contributed by atoms with Gasteiger partial charge in [-0.05, 0) is 54.8 Å². The summed E-state index contributed by atoms with van der Waals surface area (Å²) in [6.07, 6.45) is 3.77. The maximum absolute atomic E-state index is 13.1. The van der Waals surface area contributed by atoms with E-state index in [2.05, 4.69) is 13.8 Å². The van der Waals surface area contributed by atoms with Crippen molar-refractivity contribution in [2.45, 2.75) is 38.0 Å². The van der Waals surface area contributed by atoms with Gasteiger partial charge in [0.15, 0.2) is 9.84 Å². The summed E-state index contributed by atoms with van der Waals surface area (Å²) in [6, 6.07) is 14.5. The number of hydrogen-bond donors (Lipinski definition) is 0. The van der Waals surface area contributed by atoms with E-state index in [0.717, 1.165) is 35.9 Å². The number of carbonyl (C=O) groups excluding carboxylic acids is 1. The fourth-order valence-corrected chi connectivity index (χ4v) is 3.83. The highest BCUT2D eigenvalue weighted by Crippen LogP contribution is 2.25. The zero-order valence-electron chi connectivity index (χ0n) is 15.3. The number of aromatic nitrogens is 1. The van der Waals surface area contributed by atoms with E-state index >= 15 is 0 Å². The Morgan fingerprint density at radius 1 is 1.00 bits per heavy atom. The molecule has 0 amide bonds. The van der Waals surface area contributed by atoms with Gasteiger partial charge >= 0.3 is 0 Å². The molecule has 0 radical (unpaired) electrons. The molecule has 0 saturated carbocycles. The van der Waals surface area contributed by atoms with Crippen LogP contribution in [0.25, 0.3) is 10.9 Å². The highest BCUT2D eigenvalue weighted by atomic mass is 32.2. The van der Waals surface area contributed by atoms with E-state index in [0.29, 0.717) is 5.56 Å². The molecule has 4 nitrogen and oxygen atoms in total. The smallest absolute Gasteiger partial charge is 0.262 e. The van der Waals surface area contributed by atoms with Crippen LogP contribution in [0.2, 0.25) is 0 Å². The summed E-state index contributed by atoms with van der Waals surface area (Å²) in [6.45, 7) is 4.14. The average Bonchev–Trinajstić information content (AvgIpc) is 2.98. The molecule has 0 aliphatic carbocycles. The lowest BCUT2D eigenvalue weighted by Gasteiger charge is -2.10. The summed E-state index contributed by atoms with van der Waals surface area (Å²) in [5.74, 6) is -0.0850. The molecule has 0 atom stereocenters. The molecule has 0 unspecified atom stereocenters. The average molecular weight is 369 g/mol. The summed E-state index contributed by atoms with van der Waals surface area (Å²) >= 11 is 0. The van der Waals surface area contributed by atoms with Crippen LogP contribution in [0, 0.1) is 0 Å². The minimum Gasteiger partial charge on any atom is -0.280 e. The third kappa shape index (κ3) is 3.44. The van der Waals surface area contributed by atoms with Gasteiger partial charge < -0.3 is 0 Å². The number of carbonyl (C=O) groups is 1. The van der Waals surface area contributed by atoms with E-state index in [1.54, 1.807) is 22.8 Å². The number of benzene rings is 2. The second-order valence-corrected chi connectivity index (χ2v) is 8.59. The number of sulfone groups is 1. The van der Waals surface area contributed by atoms with Gasteiger partial charge in [-0.1, -0.05) is 32.4 Å². The van der Waals surface area contributed by atoms with Crippen LogP contribution in [0.4, 0.5) is 0 Å². The van der Waals surface area contributed by atoms with Crippen LogP contribution in [0.5, 0.6) is 0 Å². The number of rotatable bonds is 5. The van der Waals surface area contributed by atoms with Crippen LogP contribution in [-0.2, 0) is 22.7 Å². The molecule has 26 heavy (non-hydrogen) atoms. The first-order chi connectivity index (χ1) is 12.3. The SMILES string of the molecule is CCCc1cc2cc(S(C)(=O)=O)ccc2n1C(=O)c1ccc(CC)cc1. The van der Waals surface area contributed by atoms with Gasteiger partial charge in [-0.15, -0.1) is 0 Å². The van der Waals surface area contributed by atoms with E-state index < -0.39 is 9.84 Å². The molecule has 3 aromatic rings. The maximum Gasteiger partial charge on any atom is 0.262 e. The minimum atomic E-state index is -3.28. The standard InChI is InChI=1S/C21H23NO3S/c1-4-6-18-13-17-14-19(26(3,24)25)11-12-20(17)22(18)21(23)16-9-7-15(5-2)8-10-16/h7-14H,4-6H2,1-3H3. The summed E-state index contributed by atoms with van der Waals surface area (Å²) in [4.78, 5) is 13.4. The predicted octanol–water partition coefficient (Wildman–Crippen LogP) is 4.25. The normalized spacial score (nSPS) is 11.8. The summed E-state index contributed by atoms with van der Waals surface area (Å²) in [5, 5.41) is 0.773. The Bertz CT molecular complexity index is 1060. The van der Waals surface area contributed by atoms with Crippen LogP contribution >= 0.6 is 0 Å². The molecule has 0 saturated heterocycles. The van der Waals surface area contributed by atoms with Crippen molar-refractivity contribution in [3.8, 4) is 0 Å². The van der Waals surface area contributed by atoms with Crippen molar-refractivity contribution < 1.29 is 13.2 Å². The Morgan fingerprint density at radius 2 is 1.69 bits per heavy atom. The lowest BCUT2D eigenvalue weighted by molar-refractivity contribution is 0.0962. The lowest BCUT2D eigenvalue weighted by Crippen LogP contribution is -2.15. The second-order valence-electron chi connectivity index (χ2n) is 6.57. The van der Waals surface area contributed by atoms with Crippen molar-refractivity contribution >= 4 is 26.6 Å². The van der Waals surface area contributed by atoms with Crippen LogP contribution in [0.3, 0.4) is 0 Å². The predicted molar refractivity (Wildman–Crippen MR) is 105 cm³/mol. The van der Waals surface area contributed by atoms with E-state index in [-0.39, 0.29) is 10.8 Å². The van der Waals surface area contributed by atoms with Gasteiger partial charge in [0.2, 0.25) is 0 Å². The Labute approximate surface area is 154 Å². The zero-order chi connectivity index (χ0) is 18.9. The Hall–Kier alpha value is -2.40. The number of fused-ring (bicyclic) bond motifs is 1. The molecule has 0 bridgehead atoms. The van der Waals surface area contributed by atoms with Crippen LogP contribution < -0.4 is 0 Å². The van der Waals surface area contributed by atoms with Crippen molar-refractivity contribution in [3.05, 3.63) is 65.4 Å². The molecule has 1 aromatic heterocycles. The number of aryl methyl sites for hydroxylation is 2. The van der Waals surface area contributed by atoms with Crippen molar-refractivity contribution in [2.24, 2.45) is 0 Å². The number of hydrogen-bond acceptors (Lipinski definition) is 3. The highest BCUT2D eigenvalue weighted by Gasteiger charge is 2.18. The van der Waals surface area contributed by atoms with Gasteiger partial charge in [-0.3, -0.25) is 9.36 Å². The van der Waals surface area contributed by atoms with Gasteiger partial charge in [0, 0.05) is 22.9 Å². The van der Waals surface area contributed by atoms with Crippen LogP contribution in [0.15, 0.2) is 53.4 Å². The van der Waals surface area contributed by atoms with Crippen molar-refractivity contribution in [1.82, 2.24) is 4.57 Å². The topological polar surface area (TPSA) is 56.1 Å². The third-order valence-electron chi connectivity index (χ3n) is 4.60. The van der Waals surface area contributed by atoms with Gasteiger partial charge in [-0.2, -0.15) is 0 Å². The monoisotopic (exact) mass is 369 g/mol. The molecule has 2 aromatic carbocycles. The molecule has 0 aliphatic heterocycles. The lowest BCUT2D eigenvalue weighted by atomic mass is 10.1. The first-order valence-electron chi connectivity index (χ1n) is 8.83. The van der Waals surface area contributed by atoms with Crippen molar-refractivity contribution in [1.29, 1.82) is 0 Å².